The number of aliphatic hydroxyl groups is 1. The normalized spacial score (nSPS) is 18.4. The van der Waals surface area contributed by atoms with Crippen molar-refractivity contribution in [1.29, 1.82) is 0 Å². The van der Waals surface area contributed by atoms with Gasteiger partial charge in [-0.2, -0.15) is 0 Å². The number of nitrogens with one attached hydrogen (secondary N) is 1. The zero-order chi connectivity index (χ0) is 13.4. The van der Waals surface area contributed by atoms with Gasteiger partial charge in [-0.1, -0.05) is 6.07 Å². The van der Waals surface area contributed by atoms with Gasteiger partial charge in [0.05, 0.1) is 10.5 Å². The minimum absolute atomic E-state index is 0.0791. The van der Waals surface area contributed by atoms with E-state index in [4.69, 9.17) is 0 Å². The molecule has 2 N–H and O–H groups in total. The van der Waals surface area contributed by atoms with E-state index in [-0.39, 0.29) is 11.4 Å². The summed E-state index contributed by atoms with van der Waals surface area (Å²) >= 11 is 3.24. The molecule has 0 spiro atoms. The highest BCUT2D eigenvalue weighted by molar-refractivity contribution is 9.10. The Morgan fingerprint density at radius 2 is 2.11 bits per heavy atom. The first-order chi connectivity index (χ1) is 8.32. The van der Waals surface area contributed by atoms with E-state index in [2.05, 4.69) is 20.7 Å². The first-order valence-electron chi connectivity index (χ1n) is 5.81. The number of hydrogen-bond donors (Lipinski definition) is 2. The summed E-state index contributed by atoms with van der Waals surface area (Å²) < 4.78 is 27.3. The molecule has 0 amide bonds. The molecule has 4 nitrogen and oxygen atoms in total. The van der Waals surface area contributed by atoms with Gasteiger partial charge in [-0.3, -0.25) is 0 Å². The number of halogens is 1. The standard InChI is InChI=1S/C12H16BrNO3S/c1-9-3-4-10(13)11(7-9)18(16,17)14-8-12(15)5-2-6-12/h3-4,7,14-15H,2,5-6,8H2,1H3. The molecule has 2 rings (SSSR count). The molecule has 1 aliphatic carbocycles. The average Bonchev–Trinajstić information content (AvgIpc) is 2.27. The van der Waals surface area contributed by atoms with Gasteiger partial charge < -0.3 is 5.11 Å². The molecule has 1 aromatic carbocycles. The Morgan fingerprint density at radius 1 is 1.44 bits per heavy atom. The molecule has 6 heteroatoms. The second-order valence-corrected chi connectivity index (χ2v) is 7.43. The van der Waals surface area contributed by atoms with Crippen molar-refractivity contribution in [3.63, 3.8) is 0 Å². The number of sulfonamides is 1. The minimum atomic E-state index is -3.58. The fourth-order valence-corrected chi connectivity index (χ4v) is 4.05. The molecular formula is C12H16BrNO3S. The van der Waals surface area contributed by atoms with E-state index in [1.165, 1.54) is 0 Å². The maximum atomic E-state index is 12.1. The predicted octanol–water partition coefficient (Wildman–Crippen LogP) is 1.95. The molecule has 1 saturated carbocycles. The van der Waals surface area contributed by atoms with Crippen molar-refractivity contribution in [2.24, 2.45) is 0 Å². The van der Waals surface area contributed by atoms with Gasteiger partial charge in [0, 0.05) is 11.0 Å². The van der Waals surface area contributed by atoms with Gasteiger partial charge in [-0.15, -0.1) is 0 Å². The highest BCUT2D eigenvalue weighted by Gasteiger charge is 2.35. The van der Waals surface area contributed by atoms with Crippen molar-refractivity contribution >= 4 is 26.0 Å². The Hall–Kier alpha value is -0.430. The molecule has 0 heterocycles. The van der Waals surface area contributed by atoms with E-state index in [0.717, 1.165) is 12.0 Å². The molecule has 1 aromatic rings. The fourth-order valence-electron chi connectivity index (χ4n) is 1.89. The van der Waals surface area contributed by atoms with Crippen LogP contribution in [0.5, 0.6) is 0 Å². The molecule has 0 bridgehead atoms. The van der Waals surface area contributed by atoms with Gasteiger partial charge in [-0.25, -0.2) is 13.1 Å². The first kappa shape index (κ1) is 14.0. The number of benzene rings is 1. The lowest BCUT2D eigenvalue weighted by Crippen LogP contribution is -2.47. The zero-order valence-electron chi connectivity index (χ0n) is 10.1. The van der Waals surface area contributed by atoms with Crippen molar-refractivity contribution in [2.45, 2.75) is 36.7 Å². The lowest BCUT2D eigenvalue weighted by molar-refractivity contribution is -0.0270. The second-order valence-electron chi connectivity index (χ2n) is 4.84. The molecule has 1 aliphatic rings. The molecule has 1 fully saturated rings. The van der Waals surface area contributed by atoms with Crippen LogP contribution in [0.2, 0.25) is 0 Å². The summed E-state index contributed by atoms with van der Waals surface area (Å²) in [6.07, 6.45) is 2.27. The van der Waals surface area contributed by atoms with Gasteiger partial charge in [0.15, 0.2) is 0 Å². The maximum absolute atomic E-state index is 12.1. The molecule has 0 saturated heterocycles. The Bertz CT molecular complexity index is 552. The summed E-state index contributed by atoms with van der Waals surface area (Å²) in [6, 6.07) is 5.15. The summed E-state index contributed by atoms with van der Waals surface area (Å²) in [5.74, 6) is 0. The summed E-state index contributed by atoms with van der Waals surface area (Å²) in [5, 5.41) is 9.91. The van der Waals surface area contributed by atoms with Crippen LogP contribution in [0, 0.1) is 6.92 Å². The molecule has 0 atom stereocenters. The van der Waals surface area contributed by atoms with Gasteiger partial charge in [0.25, 0.3) is 0 Å². The largest absolute Gasteiger partial charge is 0.389 e. The fraction of sp³-hybridized carbons (Fsp3) is 0.500. The van der Waals surface area contributed by atoms with E-state index in [9.17, 15) is 13.5 Å². The molecule has 0 unspecified atom stereocenters. The summed E-state index contributed by atoms with van der Waals surface area (Å²) in [6.45, 7) is 1.92. The smallest absolute Gasteiger partial charge is 0.241 e. The topological polar surface area (TPSA) is 66.4 Å². The van der Waals surface area contributed by atoms with E-state index >= 15 is 0 Å². The van der Waals surface area contributed by atoms with E-state index in [1.54, 1.807) is 12.1 Å². The Kier molecular flexibility index (Phi) is 3.82. The van der Waals surface area contributed by atoms with Gasteiger partial charge in [0.2, 0.25) is 10.0 Å². The Morgan fingerprint density at radius 3 is 2.67 bits per heavy atom. The van der Waals surface area contributed by atoms with Gasteiger partial charge in [-0.05, 0) is 59.8 Å². The SMILES string of the molecule is Cc1ccc(Br)c(S(=O)(=O)NCC2(O)CCC2)c1. The van der Waals surface area contributed by atoms with E-state index in [0.29, 0.717) is 17.3 Å². The van der Waals surface area contributed by atoms with Crippen LogP contribution >= 0.6 is 15.9 Å². The number of hydrogen-bond acceptors (Lipinski definition) is 3. The third-order valence-electron chi connectivity index (χ3n) is 3.25. The molecule has 0 radical (unpaired) electrons. The predicted molar refractivity (Wildman–Crippen MR) is 72.9 cm³/mol. The maximum Gasteiger partial charge on any atom is 0.241 e. The van der Waals surface area contributed by atoms with Crippen LogP contribution in [0.15, 0.2) is 27.6 Å². The monoisotopic (exact) mass is 333 g/mol. The van der Waals surface area contributed by atoms with Crippen LogP contribution in [0.3, 0.4) is 0 Å². The number of aryl methyl sites for hydroxylation is 1. The summed E-state index contributed by atoms with van der Waals surface area (Å²) in [7, 11) is -3.58. The third kappa shape index (κ3) is 2.93. The first-order valence-corrected chi connectivity index (χ1v) is 8.08. The van der Waals surface area contributed by atoms with Crippen molar-refractivity contribution in [2.75, 3.05) is 6.54 Å². The quantitative estimate of drug-likeness (QED) is 0.884. The zero-order valence-corrected chi connectivity index (χ0v) is 12.5. The molecule has 100 valence electrons. The van der Waals surface area contributed by atoms with Gasteiger partial charge >= 0.3 is 0 Å². The van der Waals surface area contributed by atoms with Crippen LogP contribution in [-0.2, 0) is 10.0 Å². The third-order valence-corrected chi connectivity index (χ3v) is 5.65. The Labute approximate surface area is 116 Å². The summed E-state index contributed by atoms with van der Waals surface area (Å²) in [4.78, 5) is 0.213. The molecular weight excluding hydrogens is 318 g/mol. The van der Waals surface area contributed by atoms with Crippen LogP contribution < -0.4 is 4.72 Å². The van der Waals surface area contributed by atoms with Crippen LogP contribution in [-0.4, -0.2) is 25.7 Å². The second kappa shape index (κ2) is 4.92. The van der Waals surface area contributed by atoms with Crippen LogP contribution in [0.4, 0.5) is 0 Å². The van der Waals surface area contributed by atoms with E-state index in [1.807, 2.05) is 13.0 Å². The Balaban J connectivity index is 2.17. The molecule has 0 aromatic heterocycles. The molecule has 18 heavy (non-hydrogen) atoms. The highest BCUT2D eigenvalue weighted by atomic mass is 79.9. The van der Waals surface area contributed by atoms with Crippen LogP contribution in [0.25, 0.3) is 0 Å². The van der Waals surface area contributed by atoms with Crippen molar-refractivity contribution in [3.8, 4) is 0 Å². The van der Waals surface area contributed by atoms with Crippen LogP contribution in [0.1, 0.15) is 24.8 Å². The van der Waals surface area contributed by atoms with Gasteiger partial charge in [0.1, 0.15) is 0 Å². The molecule has 0 aliphatic heterocycles. The minimum Gasteiger partial charge on any atom is -0.389 e. The number of rotatable bonds is 4. The average molecular weight is 334 g/mol. The van der Waals surface area contributed by atoms with Crippen molar-refractivity contribution in [1.82, 2.24) is 4.72 Å². The lowest BCUT2D eigenvalue weighted by atomic mass is 9.81. The highest BCUT2D eigenvalue weighted by Crippen LogP contribution is 2.31. The van der Waals surface area contributed by atoms with Crippen molar-refractivity contribution in [3.05, 3.63) is 28.2 Å². The van der Waals surface area contributed by atoms with E-state index < -0.39 is 15.6 Å². The van der Waals surface area contributed by atoms with Crippen molar-refractivity contribution < 1.29 is 13.5 Å². The summed E-state index contributed by atoms with van der Waals surface area (Å²) in [5.41, 5.74) is 0.0181. The lowest BCUT2D eigenvalue weighted by Gasteiger charge is -2.36.